The van der Waals surface area contributed by atoms with E-state index in [1.807, 2.05) is 11.1 Å². The van der Waals surface area contributed by atoms with E-state index >= 15 is 0 Å². The van der Waals surface area contributed by atoms with E-state index in [1.54, 1.807) is 24.3 Å². The predicted octanol–water partition coefficient (Wildman–Crippen LogP) is 6.06. The molecule has 206 valence electrons. The monoisotopic (exact) mass is 535 g/mol. The van der Waals surface area contributed by atoms with E-state index in [-0.39, 0.29) is 29.7 Å². The van der Waals surface area contributed by atoms with E-state index in [2.05, 4.69) is 55.3 Å². The number of piperidine rings is 1. The van der Waals surface area contributed by atoms with Crippen LogP contribution in [0.5, 0.6) is 0 Å². The van der Waals surface area contributed by atoms with E-state index in [0.717, 1.165) is 36.8 Å². The molecule has 2 heterocycles. The molecule has 2 aliphatic heterocycles. The van der Waals surface area contributed by atoms with Crippen LogP contribution in [0.15, 0.2) is 66.7 Å². The van der Waals surface area contributed by atoms with Crippen molar-refractivity contribution >= 4 is 17.7 Å². The van der Waals surface area contributed by atoms with Gasteiger partial charge in [-0.25, -0.2) is 5.01 Å². The topological polar surface area (TPSA) is 60.9 Å². The molecule has 6 nitrogen and oxygen atoms in total. The van der Waals surface area contributed by atoms with E-state index in [0.29, 0.717) is 43.6 Å². The molecule has 0 radical (unpaired) electrons. The lowest BCUT2D eigenvalue weighted by atomic mass is 9.89. The minimum absolute atomic E-state index is 0.121. The molecule has 1 fully saturated rings. The highest BCUT2D eigenvalue weighted by molar-refractivity contribution is 6.21. The zero-order valence-corrected chi connectivity index (χ0v) is 23.4. The van der Waals surface area contributed by atoms with Crippen molar-refractivity contribution in [1.29, 1.82) is 0 Å². The first-order chi connectivity index (χ1) is 19.5. The second-order valence-corrected chi connectivity index (χ2v) is 11.2. The number of carbonyl (C=O) groups is 3. The lowest BCUT2D eigenvalue weighted by Gasteiger charge is -2.42. The molecule has 3 amide bonds. The molecule has 1 aliphatic carbocycles. The standard InChI is InChI=1S/C34H37N3O3/c1-3-5-11-23-12-10-17-26-25-13-6-7-14-27(25)31(30(23)26)34(40)36(20-4-2)35-21-18-24(19-22-35)37-32(38)28-15-8-9-16-29(28)33(37)39/h6-10,12-17,24,31H,3-5,11,18-22H2,1-2H3. The number of amides is 3. The fourth-order valence-corrected chi connectivity index (χ4v) is 6.82. The third-order valence-electron chi connectivity index (χ3n) is 8.76. The first-order valence-corrected chi connectivity index (χ1v) is 14.8. The molecule has 1 unspecified atom stereocenters. The summed E-state index contributed by atoms with van der Waals surface area (Å²) in [5.41, 5.74) is 6.87. The van der Waals surface area contributed by atoms with Gasteiger partial charge in [0.25, 0.3) is 11.8 Å². The minimum Gasteiger partial charge on any atom is -0.275 e. The first-order valence-electron chi connectivity index (χ1n) is 14.8. The van der Waals surface area contributed by atoms with Crippen molar-refractivity contribution in [2.45, 2.75) is 64.3 Å². The van der Waals surface area contributed by atoms with Crippen molar-refractivity contribution in [3.8, 4) is 11.1 Å². The molecule has 3 aliphatic rings. The second-order valence-electron chi connectivity index (χ2n) is 11.2. The van der Waals surface area contributed by atoms with Crippen molar-refractivity contribution in [2.75, 3.05) is 19.6 Å². The van der Waals surface area contributed by atoms with Gasteiger partial charge >= 0.3 is 0 Å². The highest BCUT2D eigenvalue weighted by Crippen LogP contribution is 2.47. The molecule has 0 spiro atoms. The molecule has 0 saturated carbocycles. The van der Waals surface area contributed by atoms with Gasteiger partial charge < -0.3 is 0 Å². The molecule has 0 N–H and O–H groups in total. The van der Waals surface area contributed by atoms with Crippen LogP contribution in [-0.2, 0) is 11.2 Å². The number of benzene rings is 3. The Balaban J connectivity index is 1.25. The summed E-state index contributed by atoms with van der Waals surface area (Å²) < 4.78 is 0. The Labute approximate surface area is 236 Å². The van der Waals surface area contributed by atoms with Crippen molar-refractivity contribution in [3.05, 3.63) is 94.5 Å². The first kappa shape index (κ1) is 26.5. The van der Waals surface area contributed by atoms with Crippen LogP contribution in [0.3, 0.4) is 0 Å². The maximum Gasteiger partial charge on any atom is 0.261 e. The van der Waals surface area contributed by atoms with Crippen molar-refractivity contribution < 1.29 is 14.4 Å². The quantitative estimate of drug-likeness (QED) is 0.329. The summed E-state index contributed by atoms with van der Waals surface area (Å²) in [5.74, 6) is -0.588. The van der Waals surface area contributed by atoms with Crippen LogP contribution in [0.2, 0.25) is 0 Å². The van der Waals surface area contributed by atoms with Crippen LogP contribution in [-0.4, -0.2) is 58.3 Å². The van der Waals surface area contributed by atoms with Gasteiger partial charge in [0, 0.05) is 25.7 Å². The summed E-state index contributed by atoms with van der Waals surface area (Å²) >= 11 is 0. The van der Waals surface area contributed by atoms with Crippen molar-refractivity contribution in [3.63, 3.8) is 0 Å². The Hall–Kier alpha value is -3.77. The number of hydrazine groups is 1. The van der Waals surface area contributed by atoms with E-state index in [1.165, 1.54) is 21.6 Å². The van der Waals surface area contributed by atoms with Crippen LogP contribution in [0.25, 0.3) is 11.1 Å². The number of hydrogen-bond donors (Lipinski definition) is 0. The Kier molecular flexibility index (Phi) is 7.28. The van der Waals surface area contributed by atoms with Gasteiger partial charge in [0.15, 0.2) is 0 Å². The molecule has 0 bridgehead atoms. The van der Waals surface area contributed by atoms with Gasteiger partial charge in [-0.15, -0.1) is 0 Å². The van der Waals surface area contributed by atoms with Crippen LogP contribution in [0.4, 0.5) is 0 Å². The molecule has 6 rings (SSSR count). The maximum absolute atomic E-state index is 14.5. The predicted molar refractivity (Wildman–Crippen MR) is 156 cm³/mol. The van der Waals surface area contributed by atoms with E-state index in [4.69, 9.17) is 0 Å². The normalized spacial score (nSPS) is 18.6. The van der Waals surface area contributed by atoms with E-state index < -0.39 is 0 Å². The average molecular weight is 536 g/mol. The molecule has 3 aromatic carbocycles. The van der Waals surface area contributed by atoms with Crippen molar-refractivity contribution in [1.82, 2.24) is 14.9 Å². The number of fused-ring (bicyclic) bond motifs is 4. The Bertz CT molecular complexity index is 1420. The Morgan fingerprint density at radius 3 is 2.08 bits per heavy atom. The largest absolute Gasteiger partial charge is 0.275 e. The molecular formula is C34H37N3O3. The number of nitrogens with zero attached hydrogens (tertiary/aromatic N) is 3. The van der Waals surface area contributed by atoms with Gasteiger partial charge in [-0.05, 0) is 72.1 Å². The number of unbranched alkanes of at least 4 members (excludes halogenated alkanes) is 1. The van der Waals surface area contributed by atoms with E-state index in [9.17, 15) is 14.4 Å². The SMILES string of the molecule is CCCCc1cccc2c1C(C(=O)N(CCC)N1CCC(N3C(=O)c4ccccc4C3=O)CC1)c1ccccc1-2. The molecule has 6 heteroatoms. The molecule has 0 aromatic heterocycles. The molecule has 1 saturated heterocycles. The molecule has 3 aromatic rings. The number of rotatable bonds is 8. The third-order valence-corrected chi connectivity index (χ3v) is 8.76. The zero-order chi connectivity index (χ0) is 27.8. The van der Waals surface area contributed by atoms with Gasteiger partial charge in [0.05, 0.1) is 17.0 Å². The van der Waals surface area contributed by atoms with Gasteiger partial charge in [-0.3, -0.25) is 24.3 Å². The lowest BCUT2D eigenvalue weighted by Crippen LogP contribution is -2.55. The number of imide groups is 1. The summed E-state index contributed by atoms with van der Waals surface area (Å²) in [4.78, 5) is 42.1. The summed E-state index contributed by atoms with van der Waals surface area (Å²) in [7, 11) is 0. The Morgan fingerprint density at radius 2 is 1.43 bits per heavy atom. The van der Waals surface area contributed by atoms with Crippen LogP contribution >= 0.6 is 0 Å². The number of carbonyl (C=O) groups excluding carboxylic acids is 3. The number of hydrogen-bond acceptors (Lipinski definition) is 4. The van der Waals surface area contributed by atoms with Gasteiger partial charge in [-0.2, -0.15) is 0 Å². The lowest BCUT2D eigenvalue weighted by molar-refractivity contribution is -0.152. The summed E-state index contributed by atoms with van der Waals surface area (Å²) in [5, 5.41) is 4.13. The van der Waals surface area contributed by atoms with Crippen LogP contribution in [0, 0.1) is 0 Å². The van der Waals surface area contributed by atoms with Crippen molar-refractivity contribution in [2.24, 2.45) is 0 Å². The average Bonchev–Trinajstić information content (AvgIpc) is 3.46. The van der Waals surface area contributed by atoms with Gasteiger partial charge in [0.1, 0.15) is 0 Å². The minimum atomic E-state index is -0.320. The molecule has 40 heavy (non-hydrogen) atoms. The summed E-state index contributed by atoms with van der Waals surface area (Å²) in [6.07, 6.45) is 5.33. The highest BCUT2D eigenvalue weighted by atomic mass is 16.2. The smallest absolute Gasteiger partial charge is 0.261 e. The third kappa shape index (κ3) is 4.35. The summed E-state index contributed by atoms with van der Waals surface area (Å²) in [6.45, 7) is 6.21. The number of aryl methyl sites for hydroxylation is 1. The van der Waals surface area contributed by atoms with Gasteiger partial charge in [-0.1, -0.05) is 74.9 Å². The Morgan fingerprint density at radius 1 is 0.800 bits per heavy atom. The zero-order valence-electron chi connectivity index (χ0n) is 23.4. The second kappa shape index (κ2) is 11.0. The fraction of sp³-hybridized carbons (Fsp3) is 0.382. The molecular weight excluding hydrogens is 498 g/mol. The maximum atomic E-state index is 14.5. The highest BCUT2D eigenvalue weighted by Gasteiger charge is 2.43. The van der Waals surface area contributed by atoms with Crippen LogP contribution in [0.1, 0.15) is 89.3 Å². The van der Waals surface area contributed by atoms with Gasteiger partial charge in [0.2, 0.25) is 5.91 Å². The fourth-order valence-electron chi connectivity index (χ4n) is 6.82. The summed E-state index contributed by atoms with van der Waals surface area (Å²) in [6, 6.07) is 21.7. The van der Waals surface area contributed by atoms with Crippen LogP contribution < -0.4 is 0 Å². The molecule has 1 atom stereocenters.